The van der Waals surface area contributed by atoms with Crippen molar-refractivity contribution in [2.24, 2.45) is 10.1 Å². The van der Waals surface area contributed by atoms with Gasteiger partial charge in [-0.15, -0.1) is 0 Å². The number of benzene rings is 1. The number of amidine groups is 2. The van der Waals surface area contributed by atoms with Gasteiger partial charge in [-0.2, -0.15) is 15.1 Å². The van der Waals surface area contributed by atoms with E-state index in [1.54, 1.807) is 42.7 Å². The molecule has 0 spiro atoms. The predicted molar refractivity (Wildman–Crippen MR) is 119 cm³/mol. The van der Waals surface area contributed by atoms with Gasteiger partial charge in [0.1, 0.15) is 16.6 Å². The third kappa shape index (κ3) is 3.50. The minimum Gasteiger partial charge on any atom is -0.457 e. The number of fused-ring (bicyclic) bond motifs is 1. The van der Waals surface area contributed by atoms with Crippen LogP contribution in [0.2, 0.25) is 0 Å². The number of non-ortho nitro benzene ring substituents is 1. The quantitative estimate of drug-likeness (QED) is 0.366. The molecule has 32 heavy (non-hydrogen) atoms. The van der Waals surface area contributed by atoms with Gasteiger partial charge in [0.25, 0.3) is 11.6 Å². The van der Waals surface area contributed by atoms with Gasteiger partial charge in [-0.05, 0) is 54.2 Å². The molecule has 4 heterocycles. The number of nitrogens with zero attached hydrogens (tertiary/aromatic N) is 5. The Morgan fingerprint density at radius 3 is 2.66 bits per heavy atom. The van der Waals surface area contributed by atoms with E-state index in [1.165, 1.54) is 35.0 Å². The first-order valence-electron chi connectivity index (χ1n) is 9.25. The van der Waals surface area contributed by atoms with E-state index in [9.17, 15) is 14.9 Å². The van der Waals surface area contributed by atoms with E-state index in [-0.39, 0.29) is 17.1 Å². The zero-order valence-corrected chi connectivity index (χ0v) is 16.9. The van der Waals surface area contributed by atoms with Gasteiger partial charge in [0.05, 0.1) is 10.5 Å². The van der Waals surface area contributed by atoms with E-state index in [4.69, 9.17) is 9.83 Å². The Hall–Kier alpha value is -4.38. The average Bonchev–Trinajstić information content (AvgIpc) is 3.45. The molecule has 0 aliphatic carbocycles. The maximum absolute atomic E-state index is 12.6. The van der Waals surface area contributed by atoms with E-state index in [0.717, 1.165) is 5.56 Å². The highest BCUT2D eigenvalue weighted by Crippen LogP contribution is 2.31. The summed E-state index contributed by atoms with van der Waals surface area (Å²) in [6, 6.07) is 12.9. The van der Waals surface area contributed by atoms with Crippen molar-refractivity contribution < 1.29 is 14.1 Å². The van der Waals surface area contributed by atoms with Crippen LogP contribution in [-0.4, -0.2) is 36.9 Å². The molecule has 0 radical (unpaired) electrons. The lowest BCUT2D eigenvalue weighted by atomic mass is 10.1. The number of aromatic nitrogens is 1. The first-order valence-corrected chi connectivity index (χ1v) is 10.1. The molecule has 0 unspecified atom stereocenters. The van der Waals surface area contributed by atoms with Crippen LogP contribution in [0.15, 0.2) is 81.0 Å². The topological polar surface area (TPSA) is 138 Å². The van der Waals surface area contributed by atoms with Gasteiger partial charge in [-0.3, -0.25) is 25.3 Å². The molecule has 11 heteroatoms. The fraction of sp³-hybridized carbons (Fsp3) is 0. The number of rotatable bonds is 4. The van der Waals surface area contributed by atoms with E-state index in [2.05, 4.69) is 15.1 Å². The lowest BCUT2D eigenvalue weighted by molar-refractivity contribution is -0.384. The van der Waals surface area contributed by atoms with Gasteiger partial charge in [0.15, 0.2) is 5.84 Å². The van der Waals surface area contributed by atoms with Crippen molar-refractivity contribution >= 4 is 45.5 Å². The van der Waals surface area contributed by atoms with Crippen LogP contribution in [0.5, 0.6) is 0 Å². The second-order valence-corrected chi connectivity index (χ2v) is 7.63. The van der Waals surface area contributed by atoms with E-state index >= 15 is 0 Å². The first-order chi connectivity index (χ1) is 15.5. The number of amides is 1. The molecule has 1 N–H and O–H groups in total. The SMILES string of the molecule is N=C1/C(=C/c2ccc(-c3ccc([N+](=O)[O-])cc3)o2)C(=O)N=C2SC(c3cccnc3)=NN12. The minimum atomic E-state index is -0.565. The summed E-state index contributed by atoms with van der Waals surface area (Å²) < 4.78 is 5.76. The number of furan rings is 1. The number of pyridine rings is 1. The van der Waals surface area contributed by atoms with E-state index < -0.39 is 10.8 Å². The molecule has 3 aromatic rings. The van der Waals surface area contributed by atoms with Crippen LogP contribution >= 0.6 is 11.8 Å². The Kier molecular flexibility index (Phi) is 4.71. The number of nitrogens with one attached hydrogen (secondary N) is 1. The normalized spacial score (nSPS) is 16.8. The van der Waals surface area contributed by atoms with Crippen LogP contribution in [-0.2, 0) is 4.79 Å². The number of aliphatic imine (C=N–C) groups is 1. The number of nitro benzene ring substituents is 1. The summed E-state index contributed by atoms with van der Waals surface area (Å²) in [4.78, 5) is 31.0. The highest BCUT2D eigenvalue weighted by molar-refractivity contribution is 8.27. The zero-order valence-electron chi connectivity index (χ0n) is 16.1. The van der Waals surface area contributed by atoms with Crippen LogP contribution < -0.4 is 0 Å². The second-order valence-electron chi connectivity index (χ2n) is 6.67. The summed E-state index contributed by atoms with van der Waals surface area (Å²) in [6.45, 7) is 0. The van der Waals surface area contributed by atoms with Gasteiger partial charge in [0, 0.05) is 35.7 Å². The van der Waals surface area contributed by atoms with Crippen molar-refractivity contribution in [1.29, 1.82) is 5.41 Å². The van der Waals surface area contributed by atoms with E-state index in [0.29, 0.717) is 27.3 Å². The van der Waals surface area contributed by atoms with Crippen molar-refractivity contribution in [3.63, 3.8) is 0 Å². The van der Waals surface area contributed by atoms with Crippen molar-refractivity contribution in [3.05, 3.63) is 87.9 Å². The number of hydrazone groups is 1. The highest BCUT2D eigenvalue weighted by Gasteiger charge is 2.36. The Morgan fingerprint density at radius 2 is 1.94 bits per heavy atom. The maximum Gasteiger partial charge on any atom is 0.283 e. The molecular formula is C21H12N6O4S. The van der Waals surface area contributed by atoms with Gasteiger partial charge < -0.3 is 4.42 Å². The molecule has 0 bridgehead atoms. The third-order valence-corrected chi connectivity index (χ3v) is 5.60. The van der Waals surface area contributed by atoms with Crippen molar-refractivity contribution in [3.8, 4) is 11.3 Å². The predicted octanol–water partition coefficient (Wildman–Crippen LogP) is 3.92. The molecular weight excluding hydrogens is 432 g/mol. The molecule has 1 aromatic carbocycles. The van der Waals surface area contributed by atoms with E-state index in [1.807, 2.05) is 6.07 Å². The maximum atomic E-state index is 12.6. The number of carbonyl (C=O) groups excluding carboxylic acids is 1. The molecule has 0 fully saturated rings. The Balaban J connectivity index is 1.42. The van der Waals surface area contributed by atoms with Gasteiger partial charge >= 0.3 is 0 Å². The lowest BCUT2D eigenvalue weighted by Crippen LogP contribution is -2.35. The Labute approximate surface area is 184 Å². The van der Waals surface area contributed by atoms with Crippen molar-refractivity contribution in [2.75, 3.05) is 0 Å². The number of carbonyl (C=O) groups is 1. The molecule has 0 saturated heterocycles. The molecule has 1 amide bonds. The Bertz CT molecular complexity index is 1360. The number of hydrogen-bond donors (Lipinski definition) is 1. The van der Waals surface area contributed by atoms with Crippen LogP contribution in [0.4, 0.5) is 5.69 Å². The first kappa shape index (κ1) is 19.6. The number of hydrogen-bond acceptors (Lipinski definition) is 8. The molecule has 10 nitrogen and oxygen atoms in total. The van der Waals surface area contributed by atoms with Gasteiger partial charge in [0.2, 0.25) is 5.17 Å². The van der Waals surface area contributed by atoms with Crippen LogP contribution in [0, 0.1) is 15.5 Å². The second kappa shape index (κ2) is 7.71. The lowest BCUT2D eigenvalue weighted by Gasteiger charge is -2.19. The summed E-state index contributed by atoms with van der Waals surface area (Å²) in [5.41, 5.74) is 1.42. The van der Waals surface area contributed by atoms with Crippen molar-refractivity contribution in [2.45, 2.75) is 0 Å². The smallest absolute Gasteiger partial charge is 0.283 e. The summed E-state index contributed by atoms with van der Waals surface area (Å²) >= 11 is 1.19. The highest BCUT2D eigenvalue weighted by atomic mass is 32.2. The fourth-order valence-corrected chi connectivity index (χ4v) is 3.95. The van der Waals surface area contributed by atoms with Crippen molar-refractivity contribution in [1.82, 2.24) is 9.99 Å². The molecule has 2 aliphatic rings. The van der Waals surface area contributed by atoms with Gasteiger partial charge in [-0.25, -0.2) is 0 Å². The average molecular weight is 444 g/mol. The minimum absolute atomic E-state index is 0.0211. The van der Waals surface area contributed by atoms with Crippen LogP contribution in [0.3, 0.4) is 0 Å². The van der Waals surface area contributed by atoms with Gasteiger partial charge in [-0.1, -0.05) is 0 Å². The standard InChI is InChI=1S/C21H12N6O4S/c22-18-16(10-15-7-8-17(31-15)12-3-5-14(6-4-12)27(29)30)19(28)24-21-26(18)25-20(32-21)13-2-1-9-23-11-13/h1-11,22H/b16-10-,22-18?. The molecule has 156 valence electrons. The Morgan fingerprint density at radius 1 is 1.12 bits per heavy atom. The molecule has 0 saturated carbocycles. The van der Waals surface area contributed by atoms with Crippen LogP contribution in [0.1, 0.15) is 11.3 Å². The third-order valence-electron chi connectivity index (χ3n) is 4.64. The molecule has 2 aromatic heterocycles. The molecule has 5 rings (SSSR count). The summed E-state index contributed by atoms with van der Waals surface area (Å²) in [5, 5.41) is 25.9. The fourth-order valence-electron chi connectivity index (χ4n) is 3.07. The monoisotopic (exact) mass is 444 g/mol. The number of thioether (sulfide) groups is 1. The molecule has 2 aliphatic heterocycles. The molecule has 0 atom stereocenters. The zero-order chi connectivity index (χ0) is 22.2. The summed E-state index contributed by atoms with van der Waals surface area (Å²) in [5.74, 6) is 0.136. The van der Waals surface area contributed by atoms with Crippen LogP contribution in [0.25, 0.3) is 17.4 Å². The largest absolute Gasteiger partial charge is 0.457 e. The summed E-state index contributed by atoms with van der Waals surface area (Å²) in [6.07, 6.45) is 4.73. The summed E-state index contributed by atoms with van der Waals surface area (Å²) in [7, 11) is 0. The number of nitro groups is 1.